The van der Waals surface area contributed by atoms with E-state index < -0.39 is 6.61 Å². The first kappa shape index (κ1) is 18.2. The molecular formula is C19H15F2N3O3. The zero-order valence-electron chi connectivity index (χ0n) is 14.2. The Morgan fingerprint density at radius 3 is 2.67 bits per heavy atom. The van der Waals surface area contributed by atoms with Crippen LogP contribution in [0, 0.1) is 6.92 Å². The molecule has 6 nitrogen and oxygen atoms in total. The van der Waals surface area contributed by atoms with Crippen LogP contribution in [0.3, 0.4) is 0 Å². The van der Waals surface area contributed by atoms with Gasteiger partial charge in [-0.3, -0.25) is 4.79 Å². The third kappa shape index (κ3) is 4.97. The van der Waals surface area contributed by atoms with Crippen LogP contribution in [0.2, 0.25) is 0 Å². The summed E-state index contributed by atoms with van der Waals surface area (Å²) in [5.74, 6) is 0.0703. The number of nitrogens with one attached hydrogen (secondary N) is 1. The fourth-order valence-electron chi connectivity index (χ4n) is 2.30. The maximum Gasteiger partial charge on any atom is 0.387 e. The highest BCUT2D eigenvalue weighted by molar-refractivity contribution is 6.02. The lowest BCUT2D eigenvalue weighted by Crippen LogP contribution is -2.09. The van der Waals surface area contributed by atoms with Crippen molar-refractivity contribution >= 4 is 17.7 Å². The number of ether oxygens (including phenoxy) is 1. The fourth-order valence-corrected chi connectivity index (χ4v) is 2.30. The van der Waals surface area contributed by atoms with Crippen molar-refractivity contribution in [3.63, 3.8) is 0 Å². The van der Waals surface area contributed by atoms with E-state index in [1.165, 1.54) is 24.6 Å². The van der Waals surface area contributed by atoms with Crippen LogP contribution in [-0.4, -0.2) is 22.7 Å². The number of nitrogens with zero attached hydrogens (tertiary/aromatic N) is 2. The van der Waals surface area contributed by atoms with Gasteiger partial charge in [-0.05, 0) is 48.4 Å². The summed E-state index contributed by atoms with van der Waals surface area (Å²) in [7, 11) is 0. The van der Waals surface area contributed by atoms with Gasteiger partial charge in [0, 0.05) is 17.3 Å². The number of halogens is 2. The Kier molecular flexibility index (Phi) is 5.55. The van der Waals surface area contributed by atoms with Crippen LogP contribution in [-0.2, 0) is 4.79 Å². The quantitative estimate of drug-likeness (QED) is 0.654. The minimum absolute atomic E-state index is 0.0556. The van der Waals surface area contributed by atoms with Crippen molar-refractivity contribution in [1.82, 2.24) is 10.2 Å². The van der Waals surface area contributed by atoms with Crippen LogP contribution in [0.5, 0.6) is 5.75 Å². The largest absolute Gasteiger partial charge is 0.435 e. The number of hydrogen-bond acceptors (Lipinski definition) is 5. The minimum Gasteiger partial charge on any atom is -0.435 e. The SMILES string of the molecule is Cc1ccc(-c2nnco2)cc1NC(=O)C=Cc1ccc(OC(F)F)cc1. The topological polar surface area (TPSA) is 77.3 Å². The fraction of sp³-hybridized carbons (Fsp3) is 0.105. The second kappa shape index (κ2) is 8.22. The molecule has 0 saturated heterocycles. The predicted molar refractivity (Wildman–Crippen MR) is 95.2 cm³/mol. The van der Waals surface area contributed by atoms with Crippen molar-refractivity contribution in [2.45, 2.75) is 13.5 Å². The van der Waals surface area contributed by atoms with Gasteiger partial charge in [0.1, 0.15) is 5.75 Å². The second-order valence-corrected chi connectivity index (χ2v) is 5.54. The van der Waals surface area contributed by atoms with E-state index in [9.17, 15) is 13.6 Å². The number of aromatic nitrogens is 2. The number of hydrogen-bond donors (Lipinski definition) is 1. The molecule has 1 N–H and O–H groups in total. The predicted octanol–water partition coefficient (Wildman–Crippen LogP) is 4.30. The van der Waals surface area contributed by atoms with E-state index >= 15 is 0 Å². The van der Waals surface area contributed by atoms with Gasteiger partial charge in [0.15, 0.2) is 0 Å². The average Bonchev–Trinajstić information content (AvgIpc) is 3.17. The summed E-state index contributed by atoms with van der Waals surface area (Å²) in [6.07, 6.45) is 4.15. The molecule has 138 valence electrons. The van der Waals surface area contributed by atoms with Crippen molar-refractivity contribution in [3.05, 3.63) is 66.1 Å². The van der Waals surface area contributed by atoms with Crippen LogP contribution in [0.25, 0.3) is 17.5 Å². The zero-order chi connectivity index (χ0) is 19.2. The summed E-state index contributed by atoms with van der Waals surface area (Å²) >= 11 is 0. The number of carbonyl (C=O) groups is 1. The van der Waals surface area contributed by atoms with E-state index in [4.69, 9.17) is 4.42 Å². The number of carbonyl (C=O) groups excluding carboxylic acids is 1. The Balaban J connectivity index is 1.67. The number of anilines is 1. The van der Waals surface area contributed by atoms with E-state index in [0.29, 0.717) is 22.7 Å². The molecule has 0 spiro atoms. The molecule has 0 fully saturated rings. The van der Waals surface area contributed by atoms with Gasteiger partial charge < -0.3 is 14.5 Å². The molecule has 0 aliphatic carbocycles. The van der Waals surface area contributed by atoms with Gasteiger partial charge in [-0.1, -0.05) is 18.2 Å². The number of alkyl halides is 2. The maximum absolute atomic E-state index is 12.2. The van der Waals surface area contributed by atoms with Gasteiger partial charge in [-0.2, -0.15) is 8.78 Å². The summed E-state index contributed by atoms with van der Waals surface area (Å²) < 4.78 is 33.7. The first-order chi connectivity index (χ1) is 13.0. The summed E-state index contributed by atoms with van der Waals surface area (Å²) in [5.41, 5.74) is 2.84. The first-order valence-corrected chi connectivity index (χ1v) is 7.92. The molecule has 8 heteroatoms. The smallest absolute Gasteiger partial charge is 0.387 e. The van der Waals surface area contributed by atoms with Crippen molar-refractivity contribution in [3.8, 4) is 17.2 Å². The van der Waals surface area contributed by atoms with E-state index in [0.717, 1.165) is 5.56 Å². The summed E-state index contributed by atoms with van der Waals surface area (Å²) in [6, 6.07) is 11.3. The van der Waals surface area contributed by atoms with E-state index in [2.05, 4.69) is 20.3 Å². The normalized spacial score (nSPS) is 11.1. The second-order valence-electron chi connectivity index (χ2n) is 5.54. The zero-order valence-corrected chi connectivity index (χ0v) is 14.2. The van der Waals surface area contributed by atoms with Gasteiger partial charge in [-0.15, -0.1) is 10.2 Å². The number of rotatable bonds is 6. The lowest BCUT2D eigenvalue weighted by atomic mass is 10.1. The molecule has 1 aromatic heterocycles. The van der Waals surface area contributed by atoms with Crippen LogP contribution in [0.4, 0.5) is 14.5 Å². The molecule has 2 aromatic carbocycles. The molecule has 0 saturated carbocycles. The molecule has 0 aliphatic rings. The van der Waals surface area contributed by atoms with Gasteiger partial charge in [0.05, 0.1) is 0 Å². The Labute approximate surface area is 153 Å². The minimum atomic E-state index is -2.87. The molecular weight excluding hydrogens is 356 g/mol. The highest BCUT2D eigenvalue weighted by Gasteiger charge is 2.08. The third-order valence-corrected chi connectivity index (χ3v) is 3.63. The molecule has 0 atom stereocenters. The van der Waals surface area contributed by atoms with Crippen molar-refractivity contribution in [1.29, 1.82) is 0 Å². The number of aryl methyl sites for hydroxylation is 1. The van der Waals surface area contributed by atoms with Crippen LogP contribution in [0.1, 0.15) is 11.1 Å². The molecule has 0 bridgehead atoms. The Hall–Kier alpha value is -3.55. The summed E-state index contributed by atoms with van der Waals surface area (Å²) in [4.78, 5) is 12.2. The van der Waals surface area contributed by atoms with E-state index in [1.807, 2.05) is 19.1 Å². The Morgan fingerprint density at radius 1 is 1.22 bits per heavy atom. The molecule has 0 aliphatic heterocycles. The maximum atomic E-state index is 12.2. The Morgan fingerprint density at radius 2 is 2.00 bits per heavy atom. The van der Waals surface area contributed by atoms with Crippen LogP contribution in [0.15, 0.2) is 59.4 Å². The molecule has 3 rings (SSSR count). The van der Waals surface area contributed by atoms with Crippen molar-refractivity contribution in [2.24, 2.45) is 0 Å². The summed E-state index contributed by atoms with van der Waals surface area (Å²) in [6.45, 7) is -1.01. The average molecular weight is 371 g/mol. The highest BCUT2D eigenvalue weighted by atomic mass is 19.3. The van der Waals surface area contributed by atoms with E-state index in [1.54, 1.807) is 24.3 Å². The molecule has 1 amide bonds. The number of amides is 1. The molecule has 1 heterocycles. The lowest BCUT2D eigenvalue weighted by Gasteiger charge is -2.08. The standard InChI is InChI=1S/C19H15F2N3O3/c1-12-2-6-14(18-24-22-11-26-18)10-16(12)23-17(25)9-5-13-3-7-15(8-4-13)27-19(20)21/h2-11,19H,1H3,(H,23,25). The lowest BCUT2D eigenvalue weighted by molar-refractivity contribution is -0.111. The van der Waals surface area contributed by atoms with Crippen molar-refractivity contribution < 1.29 is 22.7 Å². The van der Waals surface area contributed by atoms with Crippen molar-refractivity contribution in [2.75, 3.05) is 5.32 Å². The van der Waals surface area contributed by atoms with E-state index in [-0.39, 0.29) is 11.7 Å². The first-order valence-electron chi connectivity index (χ1n) is 7.92. The molecule has 0 unspecified atom stereocenters. The summed E-state index contributed by atoms with van der Waals surface area (Å²) in [5, 5.41) is 10.2. The molecule has 27 heavy (non-hydrogen) atoms. The Bertz CT molecular complexity index is 939. The third-order valence-electron chi connectivity index (χ3n) is 3.63. The molecule has 3 aromatic rings. The van der Waals surface area contributed by atoms with Crippen LogP contribution < -0.4 is 10.1 Å². The van der Waals surface area contributed by atoms with Gasteiger partial charge >= 0.3 is 6.61 Å². The molecule has 0 radical (unpaired) electrons. The number of benzene rings is 2. The monoisotopic (exact) mass is 371 g/mol. The van der Waals surface area contributed by atoms with Crippen LogP contribution >= 0.6 is 0 Å². The van der Waals surface area contributed by atoms with Gasteiger partial charge in [0.25, 0.3) is 0 Å². The highest BCUT2D eigenvalue weighted by Crippen LogP contribution is 2.24. The van der Waals surface area contributed by atoms with Gasteiger partial charge in [-0.25, -0.2) is 0 Å². The van der Waals surface area contributed by atoms with Gasteiger partial charge in [0.2, 0.25) is 18.2 Å².